The van der Waals surface area contributed by atoms with E-state index < -0.39 is 0 Å². The number of carbonyl (C=O) groups excluding carboxylic acids is 1. The van der Waals surface area contributed by atoms with Crippen molar-refractivity contribution >= 4 is 11.9 Å². The number of aromatic nitrogens is 2. The second-order valence-corrected chi connectivity index (χ2v) is 4.14. The quantitative estimate of drug-likeness (QED) is 0.739. The third-order valence-corrected chi connectivity index (χ3v) is 2.66. The summed E-state index contributed by atoms with van der Waals surface area (Å²) in [7, 11) is 3.44. The first-order valence-corrected chi connectivity index (χ1v) is 5.48. The smallest absolute Gasteiger partial charge is 0.272 e. The van der Waals surface area contributed by atoms with Crippen LogP contribution in [0.5, 0.6) is 0 Å². The lowest BCUT2D eigenvalue weighted by Crippen LogP contribution is -2.25. The molecule has 0 radical (unpaired) electrons. The minimum atomic E-state index is -0.0807. The third kappa shape index (κ3) is 2.13. The van der Waals surface area contributed by atoms with Crippen LogP contribution in [0.1, 0.15) is 23.3 Å². The lowest BCUT2D eigenvalue weighted by molar-refractivity contribution is 0.0822. The molecule has 86 valence electrons. The Morgan fingerprint density at radius 2 is 2.06 bits per heavy atom. The SMILES string of the molecule is CN(C)C(=O)c1ccnc(N2CCCC2)n1. The van der Waals surface area contributed by atoms with Gasteiger partial charge in [-0.1, -0.05) is 0 Å². The van der Waals surface area contributed by atoms with Gasteiger partial charge >= 0.3 is 0 Å². The Morgan fingerprint density at radius 1 is 1.38 bits per heavy atom. The highest BCUT2D eigenvalue weighted by molar-refractivity contribution is 5.92. The van der Waals surface area contributed by atoms with Crippen molar-refractivity contribution < 1.29 is 4.79 Å². The molecule has 0 aromatic carbocycles. The van der Waals surface area contributed by atoms with Gasteiger partial charge in [0, 0.05) is 33.4 Å². The molecule has 1 aromatic rings. The van der Waals surface area contributed by atoms with Gasteiger partial charge in [-0.05, 0) is 18.9 Å². The zero-order valence-corrected chi connectivity index (χ0v) is 9.68. The predicted octanol–water partition coefficient (Wildman–Crippen LogP) is 0.779. The van der Waals surface area contributed by atoms with Crippen molar-refractivity contribution in [3.8, 4) is 0 Å². The van der Waals surface area contributed by atoms with E-state index >= 15 is 0 Å². The maximum atomic E-state index is 11.7. The fourth-order valence-electron chi connectivity index (χ4n) is 1.77. The summed E-state index contributed by atoms with van der Waals surface area (Å²) < 4.78 is 0. The Morgan fingerprint density at radius 3 is 2.69 bits per heavy atom. The van der Waals surface area contributed by atoms with E-state index in [1.54, 1.807) is 26.4 Å². The summed E-state index contributed by atoms with van der Waals surface area (Å²) in [6, 6.07) is 1.65. The van der Waals surface area contributed by atoms with Crippen molar-refractivity contribution in [2.45, 2.75) is 12.8 Å². The molecule has 0 N–H and O–H groups in total. The Kier molecular flexibility index (Phi) is 3.03. The molecule has 1 fully saturated rings. The molecular weight excluding hydrogens is 204 g/mol. The summed E-state index contributed by atoms with van der Waals surface area (Å²) in [5.74, 6) is 0.591. The molecule has 0 atom stereocenters. The van der Waals surface area contributed by atoms with Crippen LogP contribution in [0.4, 0.5) is 5.95 Å². The molecule has 16 heavy (non-hydrogen) atoms. The number of hydrogen-bond acceptors (Lipinski definition) is 4. The molecule has 0 unspecified atom stereocenters. The van der Waals surface area contributed by atoms with Crippen LogP contribution in [0.25, 0.3) is 0 Å². The van der Waals surface area contributed by atoms with E-state index in [-0.39, 0.29) is 5.91 Å². The highest BCUT2D eigenvalue weighted by Crippen LogP contribution is 2.15. The Balaban J connectivity index is 2.22. The molecule has 5 nitrogen and oxygen atoms in total. The van der Waals surface area contributed by atoms with Crippen LogP contribution in [0.15, 0.2) is 12.3 Å². The van der Waals surface area contributed by atoms with Gasteiger partial charge in [0.1, 0.15) is 5.69 Å². The van der Waals surface area contributed by atoms with Gasteiger partial charge in [0.05, 0.1) is 0 Å². The molecule has 1 saturated heterocycles. The monoisotopic (exact) mass is 220 g/mol. The van der Waals surface area contributed by atoms with Gasteiger partial charge in [0.2, 0.25) is 5.95 Å². The van der Waals surface area contributed by atoms with E-state index in [1.165, 1.54) is 17.7 Å². The largest absolute Gasteiger partial charge is 0.343 e. The van der Waals surface area contributed by atoms with Gasteiger partial charge in [0.25, 0.3) is 5.91 Å². The van der Waals surface area contributed by atoms with E-state index in [1.807, 2.05) is 0 Å². The first-order valence-electron chi connectivity index (χ1n) is 5.48. The van der Waals surface area contributed by atoms with Gasteiger partial charge in [-0.15, -0.1) is 0 Å². The average molecular weight is 220 g/mol. The molecule has 0 spiro atoms. The molecular formula is C11H16N4O. The van der Waals surface area contributed by atoms with Crippen molar-refractivity contribution in [1.29, 1.82) is 0 Å². The number of rotatable bonds is 2. The molecule has 0 aliphatic carbocycles. The van der Waals surface area contributed by atoms with Crippen LogP contribution in [0.3, 0.4) is 0 Å². The number of nitrogens with zero attached hydrogens (tertiary/aromatic N) is 4. The maximum absolute atomic E-state index is 11.7. The van der Waals surface area contributed by atoms with Crippen LogP contribution >= 0.6 is 0 Å². The van der Waals surface area contributed by atoms with Crippen molar-refractivity contribution in [1.82, 2.24) is 14.9 Å². The van der Waals surface area contributed by atoms with Gasteiger partial charge in [-0.3, -0.25) is 4.79 Å². The molecule has 5 heteroatoms. The second kappa shape index (κ2) is 4.47. The Hall–Kier alpha value is -1.65. The van der Waals surface area contributed by atoms with Gasteiger partial charge in [-0.2, -0.15) is 0 Å². The zero-order valence-electron chi connectivity index (χ0n) is 9.68. The Bertz CT molecular complexity index is 385. The summed E-state index contributed by atoms with van der Waals surface area (Å²) in [5, 5.41) is 0. The first-order chi connectivity index (χ1) is 7.68. The van der Waals surface area contributed by atoms with Crippen LogP contribution < -0.4 is 4.90 Å². The fraction of sp³-hybridized carbons (Fsp3) is 0.545. The zero-order chi connectivity index (χ0) is 11.5. The standard InChI is InChI=1S/C11H16N4O/c1-14(2)10(16)9-5-6-12-11(13-9)15-7-3-4-8-15/h5-6H,3-4,7-8H2,1-2H3. The van der Waals surface area contributed by atoms with Crippen molar-refractivity contribution in [3.63, 3.8) is 0 Å². The van der Waals surface area contributed by atoms with Crippen LogP contribution in [0, 0.1) is 0 Å². The molecule has 1 amide bonds. The molecule has 1 aliphatic heterocycles. The minimum Gasteiger partial charge on any atom is -0.343 e. The maximum Gasteiger partial charge on any atom is 0.272 e. The normalized spacial score (nSPS) is 15.2. The summed E-state index contributed by atoms with van der Waals surface area (Å²) in [5.41, 5.74) is 0.460. The number of carbonyl (C=O) groups is 1. The third-order valence-electron chi connectivity index (χ3n) is 2.66. The van der Waals surface area contributed by atoms with E-state index in [4.69, 9.17) is 0 Å². The predicted molar refractivity (Wildman–Crippen MR) is 61.5 cm³/mol. The lowest BCUT2D eigenvalue weighted by Gasteiger charge is -2.16. The molecule has 1 aliphatic rings. The van der Waals surface area contributed by atoms with Gasteiger partial charge in [0.15, 0.2) is 0 Å². The number of amides is 1. The first kappa shape index (κ1) is 10.9. The van der Waals surface area contributed by atoms with Crippen molar-refractivity contribution in [2.75, 3.05) is 32.1 Å². The van der Waals surface area contributed by atoms with Crippen LogP contribution in [-0.4, -0.2) is 48.0 Å². The summed E-state index contributed by atoms with van der Waals surface area (Å²) in [4.78, 5) is 23.9. The van der Waals surface area contributed by atoms with Gasteiger partial charge < -0.3 is 9.80 Å². The van der Waals surface area contributed by atoms with E-state index in [2.05, 4.69) is 14.9 Å². The summed E-state index contributed by atoms with van der Waals surface area (Å²) >= 11 is 0. The van der Waals surface area contributed by atoms with Crippen molar-refractivity contribution in [2.24, 2.45) is 0 Å². The van der Waals surface area contributed by atoms with E-state index in [0.717, 1.165) is 13.1 Å². The fourth-order valence-corrected chi connectivity index (χ4v) is 1.77. The number of hydrogen-bond donors (Lipinski definition) is 0. The summed E-state index contributed by atoms with van der Waals surface area (Å²) in [6.45, 7) is 1.97. The highest BCUT2D eigenvalue weighted by Gasteiger charge is 2.17. The van der Waals surface area contributed by atoms with Crippen molar-refractivity contribution in [3.05, 3.63) is 18.0 Å². The van der Waals surface area contributed by atoms with Crippen LogP contribution in [0.2, 0.25) is 0 Å². The molecule has 0 bridgehead atoms. The average Bonchev–Trinajstić information content (AvgIpc) is 2.81. The van der Waals surface area contributed by atoms with E-state index in [9.17, 15) is 4.79 Å². The molecule has 2 heterocycles. The molecule has 1 aromatic heterocycles. The van der Waals surface area contributed by atoms with E-state index in [0.29, 0.717) is 11.6 Å². The highest BCUT2D eigenvalue weighted by atomic mass is 16.2. The molecule has 0 saturated carbocycles. The Labute approximate surface area is 95.1 Å². The topological polar surface area (TPSA) is 49.3 Å². The summed E-state index contributed by atoms with van der Waals surface area (Å²) in [6.07, 6.45) is 4.00. The molecule has 2 rings (SSSR count). The van der Waals surface area contributed by atoms with Gasteiger partial charge in [-0.25, -0.2) is 9.97 Å². The number of anilines is 1. The van der Waals surface area contributed by atoms with Crippen LogP contribution in [-0.2, 0) is 0 Å². The minimum absolute atomic E-state index is 0.0807. The second-order valence-electron chi connectivity index (χ2n) is 4.14. The lowest BCUT2D eigenvalue weighted by atomic mass is 10.3.